The summed E-state index contributed by atoms with van der Waals surface area (Å²) in [6.45, 7) is 12.1. The molecule has 2 atom stereocenters. The molecule has 0 amide bonds. The lowest BCUT2D eigenvalue weighted by Gasteiger charge is -2.62. The van der Waals surface area contributed by atoms with Gasteiger partial charge in [0.05, 0.1) is 6.10 Å². The minimum absolute atomic E-state index is 0.122. The fourth-order valence-corrected chi connectivity index (χ4v) is 3.98. The molecule has 25 heavy (non-hydrogen) atoms. The number of nitrogens with zero attached hydrogens (tertiary/aromatic N) is 2. The summed E-state index contributed by atoms with van der Waals surface area (Å²) in [4.78, 5) is 6.94. The minimum atomic E-state index is 0.122. The molecule has 0 spiro atoms. The van der Waals surface area contributed by atoms with Crippen LogP contribution in [0.1, 0.15) is 52.2 Å². The van der Waals surface area contributed by atoms with Crippen molar-refractivity contribution in [3.63, 3.8) is 0 Å². The van der Waals surface area contributed by atoms with Crippen molar-refractivity contribution >= 4 is 5.96 Å². The molecule has 0 radical (unpaired) electrons. The molecule has 0 bridgehead atoms. The molecule has 3 rings (SSSR count). The molecule has 2 saturated heterocycles. The molecule has 2 fully saturated rings. The molecule has 4 heteroatoms. The van der Waals surface area contributed by atoms with Crippen LogP contribution in [0.25, 0.3) is 0 Å². The van der Waals surface area contributed by atoms with E-state index in [2.05, 4.69) is 73.2 Å². The highest BCUT2D eigenvalue weighted by Gasteiger charge is 2.53. The summed E-state index contributed by atoms with van der Waals surface area (Å²) in [5, 5.41) is 3.63. The average Bonchev–Trinajstić information content (AvgIpc) is 2.62. The van der Waals surface area contributed by atoms with E-state index in [9.17, 15) is 0 Å². The van der Waals surface area contributed by atoms with Crippen LogP contribution >= 0.6 is 0 Å². The van der Waals surface area contributed by atoms with Gasteiger partial charge in [-0.3, -0.25) is 4.99 Å². The summed E-state index contributed by atoms with van der Waals surface area (Å²) in [5.41, 5.74) is 1.72. The lowest BCUT2D eigenvalue weighted by molar-refractivity contribution is -0.0678. The van der Waals surface area contributed by atoms with Gasteiger partial charge in [-0.25, -0.2) is 0 Å². The van der Waals surface area contributed by atoms with Gasteiger partial charge in [-0.15, -0.1) is 0 Å². The minimum Gasteiger partial charge on any atom is -0.373 e. The fraction of sp³-hybridized carbons (Fsp3) is 0.667. The molecular formula is C21H33N3O. The van der Waals surface area contributed by atoms with E-state index in [-0.39, 0.29) is 11.6 Å². The SMILES string of the molecule is CN=C(NCC1CCCOC1c1ccccc1)N1CC(C)(C)C1(C)C. The van der Waals surface area contributed by atoms with E-state index in [1.54, 1.807) is 0 Å². The average molecular weight is 344 g/mol. The van der Waals surface area contributed by atoms with Gasteiger partial charge in [0.2, 0.25) is 0 Å². The molecule has 138 valence electrons. The first kappa shape index (κ1) is 18.2. The van der Waals surface area contributed by atoms with Crippen molar-refractivity contribution < 1.29 is 4.74 Å². The summed E-state index contributed by atoms with van der Waals surface area (Å²) in [6, 6.07) is 10.6. The summed E-state index contributed by atoms with van der Waals surface area (Å²) in [6.07, 6.45) is 2.51. The topological polar surface area (TPSA) is 36.9 Å². The lowest BCUT2D eigenvalue weighted by atomic mass is 9.65. The van der Waals surface area contributed by atoms with Crippen molar-refractivity contribution in [2.45, 2.75) is 52.2 Å². The number of rotatable bonds is 3. The third kappa shape index (κ3) is 3.41. The Kier molecular flexibility index (Phi) is 5.10. The van der Waals surface area contributed by atoms with E-state index < -0.39 is 0 Å². The number of benzene rings is 1. The second-order valence-corrected chi connectivity index (χ2v) is 8.56. The second-order valence-electron chi connectivity index (χ2n) is 8.56. The molecule has 1 aromatic carbocycles. The van der Waals surface area contributed by atoms with Crippen molar-refractivity contribution in [1.82, 2.24) is 10.2 Å². The zero-order chi connectivity index (χ0) is 18.1. The number of nitrogens with one attached hydrogen (secondary N) is 1. The van der Waals surface area contributed by atoms with Crippen LogP contribution < -0.4 is 5.32 Å². The number of guanidine groups is 1. The van der Waals surface area contributed by atoms with Crippen LogP contribution in [-0.4, -0.2) is 43.1 Å². The van der Waals surface area contributed by atoms with Gasteiger partial charge in [-0.05, 0) is 32.3 Å². The van der Waals surface area contributed by atoms with Gasteiger partial charge in [-0.2, -0.15) is 0 Å². The van der Waals surface area contributed by atoms with E-state index in [0.29, 0.717) is 11.3 Å². The van der Waals surface area contributed by atoms with Gasteiger partial charge >= 0.3 is 0 Å². The van der Waals surface area contributed by atoms with E-state index >= 15 is 0 Å². The van der Waals surface area contributed by atoms with E-state index in [1.165, 1.54) is 12.0 Å². The molecule has 1 N–H and O–H groups in total. The number of aliphatic imine (C=N–C) groups is 1. The van der Waals surface area contributed by atoms with E-state index in [0.717, 1.165) is 32.1 Å². The van der Waals surface area contributed by atoms with E-state index in [1.807, 2.05) is 7.05 Å². The van der Waals surface area contributed by atoms with Crippen molar-refractivity contribution in [2.24, 2.45) is 16.3 Å². The molecule has 4 nitrogen and oxygen atoms in total. The predicted molar refractivity (Wildman–Crippen MR) is 104 cm³/mol. The van der Waals surface area contributed by atoms with Crippen molar-refractivity contribution in [1.29, 1.82) is 0 Å². The maximum Gasteiger partial charge on any atom is 0.194 e. The quantitative estimate of drug-likeness (QED) is 0.669. The summed E-state index contributed by atoms with van der Waals surface area (Å²) < 4.78 is 6.12. The Hall–Kier alpha value is -1.55. The zero-order valence-corrected chi connectivity index (χ0v) is 16.4. The number of likely N-dealkylation sites (tertiary alicyclic amines) is 1. The van der Waals surface area contributed by atoms with Crippen molar-refractivity contribution in [3.8, 4) is 0 Å². The Morgan fingerprint density at radius 3 is 2.56 bits per heavy atom. The molecule has 0 aromatic heterocycles. The smallest absolute Gasteiger partial charge is 0.194 e. The predicted octanol–water partition coefficient (Wildman–Crippen LogP) is 3.85. The third-order valence-electron chi connectivity index (χ3n) is 6.45. The number of hydrogen-bond donors (Lipinski definition) is 1. The second kappa shape index (κ2) is 6.99. The molecule has 1 aromatic rings. The Morgan fingerprint density at radius 2 is 1.96 bits per heavy atom. The Labute approximate surface area is 152 Å². The molecule has 2 aliphatic heterocycles. The van der Waals surface area contributed by atoms with Gasteiger partial charge in [0, 0.05) is 43.6 Å². The fourth-order valence-electron chi connectivity index (χ4n) is 3.98. The summed E-state index contributed by atoms with van der Waals surface area (Å²) in [7, 11) is 1.88. The first-order valence-corrected chi connectivity index (χ1v) is 9.51. The highest BCUT2D eigenvalue weighted by atomic mass is 16.5. The van der Waals surface area contributed by atoms with Gasteiger partial charge in [-0.1, -0.05) is 44.2 Å². The molecule has 2 heterocycles. The third-order valence-corrected chi connectivity index (χ3v) is 6.45. The first-order valence-electron chi connectivity index (χ1n) is 9.51. The number of ether oxygens (including phenoxy) is 1. The van der Waals surface area contributed by atoms with Crippen molar-refractivity contribution in [2.75, 3.05) is 26.7 Å². The molecular weight excluding hydrogens is 310 g/mol. The Bertz CT molecular complexity index is 609. The zero-order valence-electron chi connectivity index (χ0n) is 16.4. The highest BCUT2D eigenvalue weighted by Crippen LogP contribution is 2.46. The van der Waals surface area contributed by atoms with Crippen LogP contribution in [0, 0.1) is 11.3 Å². The van der Waals surface area contributed by atoms with Crippen LogP contribution in [0.4, 0.5) is 0 Å². The van der Waals surface area contributed by atoms with Gasteiger partial charge in [0.15, 0.2) is 5.96 Å². The molecule has 0 saturated carbocycles. The maximum atomic E-state index is 6.12. The highest BCUT2D eigenvalue weighted by molar-refractivity contribution is 5.82. The van der Waals surface area contributed by atoms with Crippen LogP contribution in [0.5, 0.6) is 0 Å². The van der Waals surface area contributed by atoms with E-state index in [4.69, 9.17) is 4.74 Å². The van der Waals surface area contributed by atoms with Crippen LogP contribution in [0.15, 0.2) is 35.3 Å². The first-order chi connectivity index (χ1) is 11.9. The monoisotopic (exact) mass is 343 g/mol. The summed E-state index contributed by atoms with van der Waals surface area (Å²) in [5.74, 6) is 1.49. The number of hydrogen-bond acceptors (Lipinski definition) is 2. The standard InChI is InChI=1S/C21H33N3O/c1-20(2)15-24(21(20,3)4)19(22-5)23-14-17-12-9-13-25-18(17)16-10-7-6-8-11-16/h6-8,10-11,17-18H,9,12-15H2,1-5H3,(H,22,23). The largest absolute Gasteiger partial charge is 0.373 e. The summed E-state index contributed by atoms with van der Waals surface area (Å²) >= 11 is 0. The van der Waals surface area contributed by atoms with Gasteiger partial charge < -0.3 is 15.0 Å². The molecule has 2 unspecified atom stereocenters. The normalized spacial score (nSPS) is 28.4. The Morgan fingerprint density at radius 1 is 1.24 bits per heavy atom. The molecule has 0 aliphatic carbocycles. The van der Waals surface area contributed by atoms with Gasteiger partial charge in [0.1, 0.15) is 0 Å². The van der Waals surface area contributed by atoms with Gasteiger partial charge in [0.25, 0.3) is 0 Å². The van der Waals surface area contributed by atoms with Crippen LogP contribution in [0.2, 0.25) is 0 Å². The van der Waals surface area contributed by atoms with Crippen LogP contribution in [-0.2, 0) is 4.74 Å². The van der Waals surface area contributed by atoms with Crippen molar-refractivity contribution in [3.05, 3.63) is 35.9 Å². The van der Waals surface area contributed by atoms with Crippen LogP contribution in [0.3, 0.4) is 0 Å². The Balaban J connectivity index is 1.65. The molecule has 2 aliphatic rings. The maximum absolute atomic E-state index is 6.12. The lowest BCUT2D eigenvalue weighted by Crippen LogP contribution is -2.72.